The van der Waals surface area contributed by atoms with Crippen molar-refractivity contribution in [3.63, 3.8) is 0 Å². The molecule has 1 unspecified atom stereocenters. The van der Waals surface area contributed by atoms with E-state index in [1.54, 1.807) is 30.3 Å². The summed E-state index contributed by atoms with van der Waals surface area (Å²) >= 11 is 0. The lowest BCUT2D eigenvalue weighted by atomic mass is 10.2. The molecule has 7 heteroatoms. The molecule has 0 saturated heterocycles. The first-order valence-electron chi connectivity index (χ1n) is 7.73. The average Bonchev–Trinajstić information content (AvgIpc) is 2.61. The predicted octanol–water partition coefficient (Wildman–Crippen LogP) is 2.43. The molecule has 126 valence electrons. The fourth-order valence-electron chi connectivity index (χ4n) is 2.94. The van der Waals surface area contributed by atoms with Gasteiger partial charge in [-0.05, 0) is 31.2 Å². The van der Waals surface area contributed by atoms with Crippen LogP contribution < -0.4 is 18.5 Å². The number of rotatable bonds is 2. The summed E-state index contributed by atoms with van der Waals surface area (Å²) in [5, 5.41) is 0. The molecule has 24 heavy (non-hydrogen) atoms. The fraction of sp³-hybridized carbons (Fsp3) is 0.294. The first-order chi connectivity index (χ1) is 11.6. The largest absolute Gasteiger partial charge is 0.489 e. The van der Waals surface area contributed by atoms with E-state index in [2.05, 4.69) is 0 Å². The second-order valence-corrected chi connectivity index (χ2v) is 7.55. The van der Waals surface area contributed by atoms with Crippen LogP contribution in [0.3, 0.4) is 0 Å². The van der Waals surface area contributed by atoms with Crippen LogP contribution in [0.2, 0.25) is 0 Å². The minimum absolute atomic E-state index is 0.176. The van der Waals surface area contributed by atoms with Crippen molar-refractivity contribution < 1.29 is 22.6 Å². The van der Waals surface area contributed by atoms with Crippen LogP contribution >= 0.6 is 0 Å². The Balaban J connectivity index is 1.80. The highest BCUT2D eigenvalue weighted by Crippen LogP contribution is 2.39. The number of sulfonamides is 1. The molecule has 0 saturated carbocycles. The van der Waals surface area contributed by atoms with E-state index in [9.17, 15) is 8.42 Å². The van der Waals surface area contributed by atoms with E-state index in [0.717, 1.165) is 0 Å². The van der Waals surface area contributed by atoms with Crippen molar-refractivity contribution >= 4 is 15.7 Å². The highest BCUT2D eigenvalue weighted by molar-refractivity contribution is 7.92. The minimum Gasteiger partial charge on any atom is -0.489 e. The maximum absolute atomic E-state index is 13.2. The van der Waals surface area contributed by atoms with E-state index in [4.69, 9.17) is 14.2 Å². The van der Waals surface area contributed by atoms with Crippen molar-refractivity contribution in [2.24, 2.45) is 0 Å². The maximum Gasteiger partial charge on any atom is 0.264 e. The van der Waals surface area contributed by atoms with Crippen LogP contribution in [0.1, 0.15) is 6.92 Å². The molecular formula is C17H17NO5S. The van der Waals surface area contributed by atoms with E-state index in [0.29, 0.717) is 42.8 Å². The van der Waals surface area contributed by atoms with Gasteiger partial charge in [-0.1, -0.05) is 12.1 Å². The zero-order valence-corrected chi connectivity index (χ0v) is 14.0. The molecule has 6 nitrogen and oxygen atoms in total. The number of para-hydroxylation sites is 2. The molecule has 4 rings (SSSR count). The van der Waals surface area contributed by atoms with Crippen molar-refractivity contribution in [2.45, 2.75) is 17.9 Å². The lowest BCUT2D eigenvalue weighted by Crippen LogP contribution is -2.44. The van der Waals surface area contributed by atoms with Gasteiger partial charge in [0.25, 0.3) is 10.0 Å². The van der Waals surface area contributed by atoms with Crippen molar-refractivity contribution in [3.05, 3.63) is 42.5 Å². The molecule has 0 amide bonds. The quantitative estimate of drug-likeness (QED) is 0.835. The third-order valence-electron chi connectivity index (χ3n) is 4.05. The highest BCUT2D eigenvalue weighted by Gasteiger charge is 2.35. The molecular weight excluding hydrogens is 330 g/mol. The molecule has 2 aromatic carbocycles. The molecule has 1 atom stereocenters. The zero-order valence-electron chi connectivity index (χ0n) is 13.1. The number of ether oxygens (including phenoxy) is 3. The summed E-state index contributed by atoms with van der Waals surface area (Å²) in [6.45, 7) is 3.01. The lowest BCUT2D eigenvalue weighted by molar-refractivity contribution is 0.171. The van der Waals surface area contributed by atoms with E-state index < -0.39 is 10.0 Å². The molecule has 0 spiro atoms. The Morgan fingerprint density at radius 2 is 1.71 bits per heavy atom. The van der Waals surface area contributed by atoms with Crippen LogP contribution in [0.4, 0.5) is 5.69 Å². The first-order valence-corrected chi connectivity index (χ1v) is 9.17. The minimum atomic E-state index is -3.74. The van der Waals surface area contributed by atoms with Gasteiger partial charge in [-0.25, -0.2) is 8.42 Å². The number of fused-ring (bicyclic) bond motifs is 2. The normalized spacial score (nSPS) is 19.4. The van der Waals surface area contributed by atoms with Crippen LogP contribution in [0, 0.1) is 0 Å². The van der Waals surface area contributed by atoms with Crippen LogP contribution in [-0.4, -0.2) is 34.3 Å². The van der Waals surface area contributed by atoms with Gasteiger partial charge in [-0.2, -0.15) is 0 Å². The van der Waals surface area contributed by atoms with Gasteiger partial charge in [0.15, 0.2) is 11.5 Å². The van der Waals surface area contributed by atoms with Gasteiger partial charge < -0.3 is 14.2 Å². The van der Waals surface area contributed by atoms with Gasteiger partial charge in [0.1, 0.15) is 25.6 Å². The van der Waals surface area contributed by atoms with E-state index in [1.807, 2.05) is 13.0 Å². The molecule has 0 fully saturated rings. The summed E-state index contributed by atoms with van der Waals surface area (Å²) in [6, 6.07) is 11.5. The Kier molecular flexibility index (Phi) is 3.53. The SMILES string of the molecule is CC1COc2ccccc2N1S(=O)(=O)c1ccc2c(c1)OCCO2. The third-order valence-corrected chi connectivity index (χ3v) is 5.98. The predicted molar refractivity (Wildman–Crippen MR) is 88.5 cm³/mol. The third kappa shape index (κ3) is 2.36. The topological polar surface area (TPSA) is 65.1 Å². The molecule has 0 aromatic heterocycles. The van der Waals surface area contributed by atoms with Crippen LogP contribution in [0.5, 0.6) is 17.2 Å². The standard InChI is InChI=1S/C17H17NO5S/c1-12-11-23-15-5-3-2-4-14(15)18(12)24(19,20)13-6-7-16-17(10-13)22-9-8-21-16/h2-7,10,12H,8-9,11H2,1H3. The number of hydrogen-bond donors (Lipinski definition) is 0. The summed E-state index contributed by atoms with van der Waals surface area (Å²) in [5.74, 6) is 1.59. The fourth-order valence-corrected chi connectivity index (χ4v) is 4.61. The summed E-state index contributed by atoms with van der Waals surface area (Å²) in [4.78, 5) is 0.176. The number of hydrogen-bond acceptors (Lipinski definition) is 5. The van der Waals surface area contributed by atoms with Crippen molar-refractivity contribution in [1.82, 2.24) is 0 Å². The molecule has 2 aliphatic rings. The van der Waals surface area contributed by atoms with Gasteiger partial charge in [0.2, 0.25) is 0 Å². The van der Waals surface area contributed by atoms with Gasteiger partial charge >= 0.3 is 0 Å². The van der Waals surface area contributed by atoms with Crippen molar-refractivity contribution in [1.29, 1.82) is 0 Å². The maximum atomic E-state index is 13.2. The molecule has 2 heterocycles. The lowest BCUT2D eigenvalue weighted by Gasteiger charge is -2.35. The molecule has 2 aliphatic heterocycles. The Morgan fingerprint density at radius 3 is 2.54 bits per heavy atom. The molecule has 0 N–H and O–H groups in total. The van der Waals surface area contributed by atoms with E-state index in [-0.39, 0.29) is 10.9 Å². The van der Waals surface area contributed by atoms with Crippen molar-refractivity contribution in [2.75, 3.05) is 24.1 Å². The van der Waals surface area contributed by atoms with Crippen LogP contribution in [0.25, 0.3) is 0 Å². The second kappa shape index (κ2) is 5.59. The van der Waals surface area contributed by atoms with E-state index >= 15 is 0 Å². The van der Waals surface area contributed by atoms with Gasteiger partial charge in [-0.3, -0.25) is 4.31 Å². The smallest absolute Gasteiger partial charge is 0.264 e. The van der Waals surface area contributed by atoms with E-state index in [1.165, 1.54) is 10.4 Å². The van der Waals surface area contributed by atoms with Gasteiger partial charge in [-0.15, -0.1) is 0 Å². The summed E-state index contributed by atoms with van der Waals surface area (Å²) in [5.41, 5.74) is 0.547. The number of anilines is 1. The second-order valence-electron chi connectivity index (χ2n) is 5.73. The Morgan fingerprint density at radius 1 is 0.958 bits per heavy atom. The van der Waals surface area contributed by atoms with Gasteiger partial charge in [0.05, 0.1) is 16.6 Å². The van der Waals surface area contributed by atoms with Crippen LogP contribution in [0.15, 0.2) is 47.4 Å². The Hall–Kier alpha value is -2.41. The highest BCUT2D eigenvalue weighted by atomic mass is 32.2. The summed E-state index contributed by atoms with van der Waals surface area (Å²) in [7, 11) is -3.74. The monoisotopic (exact) mass is 347 g/mol. The van der Waals surface area contributed by atoms with Crippen molar-refractivity contribution in [3.8, 4) is 17.2 Å². The molecule has 0 radical (unpaired) electrons. The number of benzene rings is 2. The average molecular weight is 347 g/mol. The summed E-state index contributed by atoms with van der Waals surface area (Å²) in [6.07, 6.45) is 0. The zero-order chi connectivity index (χ0) is 16.7. The first kappa shape index (κ1) is 15.1. The molecule has 2 aromatic rings. The van der Waals surface area contributed by atoms with Gasteiger partial charge in [0, 0.05) is 6.07 Å². The Labute approximate surface area is 140 Å². The molecule has 0 bridgehead atoms. The Bertz CT molecular complexity index is 880. The summed E-state index contributed by atoms with van der Waals surface area (Å²) < 4.78 is 44.5. The number of nitrogens with zero attached hydrogens (tertiary/aromatic N) is 1. The van der Waals surface area contributed by atoms with Crippen LogP contribution in [-0.2, 0) is 10.0 Å². The molecule has 0 aliphatic carbocycles.